The van der Waals surface area contributed by atoms with Crippen molar-refractivity contribution in [3.63, 3.8) is 0 Å². The van der Waals surface area contributed by atoms with Gasteiger partial charge in [-0.05, 0) is 6.07 Å². The van der Waals surface area contributed by atoms with Crippen LogP contribution in [0, 0.1) is 0 Å². The molecule has 0 bridgehead atoms. The molecule has 0 spiro atoms. The van der Waals surface area contributed by atoms with Gasteiger partial charge in [0, 0.05) is 24.0 Å². The van der Waals surface area contributed by atoms with Gasteiger partial charge in [-0.1, -0.05) is 0 Å². The zero-order chi connectivity index (χ0) is 9.97. The van der Waals surface area contributed by atoms with Crippen molar-refractivity contribution in [3.05, 3.63) is 23.8 Å². The Morgan fingerprint density at radius 3 is 2.86 bits per heavy atom. The molecule has 1 unspecified atom stereocenters. The average molecular weight is 225 g/mol. The third-order valence-electron chi connectivity index (χ3n) is 1.54. The second-order valence-corrected chi connectivity index (χ2v) is 4.68. The summed E-state index contributed by atoms with van der Waals surface area (Å²) in [5.41, 5.74) is 0.722. The number of rotatable bonds is 2. The van der Waals surface area contributed by atoms with Crippen LogP contribution in [0.15, 0.2) is 29.0 Å². The Hall–Kier alpha value is -1.14. The monoisotopic (exact) mass is 225 g/mol. The molecule has 0 fully saturated rings. The first-order valence-corrected chi connectivity index (χ1v) is 6.27. The molecule has 0 saturated heterocycles. The third-order valence-corrected chi connectivity index (χ3v) is 3.05. The standard InChI is InChI=1S/C8H7N3OS2/c1-14(12)8-10-3-2-6(11-8)7-9-4-5-13-7/h2-5H,1H3. The molecular formula is C8H7N3OS2. The predicted octanol–water partition coefficient (Wildman–Crippen LogP) is 1.34. The first-order valence-electron chi connectivity index (χ1n) is 3.84. The Morgan fingerprint density at radius 2 is 2.21 bits per heavy atom. The molecule has 2 aromatic heterocycles. The first kappa shape index (κ1) is 9.42. The predicted molar refractivity (Wildman–Crippen MR) is 55.5 cm³/mol. The van der Waals surface area contributed by atoms with Gasteiger partial charge in [0.25, 0.3) is 0 Å². The molecule has 0 amide bonds. The fourth-order valence-electron chi connectivity index (χ4n) is 0.948. The first-order chi connectivity index (χ1) is 6.77. The topological polar surface area (TPSA) is 55.7 Å². The van der Waals surface area contributed by atoms with Gasteiger partial charge in [-0.2, -0.15) is 0 Å². The highest BCUT2D eigenvalue weighted by Gasteiger charge is 2.05. The van der Waals surface area contributed by atoms with E-state index in [0.29, 0.717) is 5.16 Å². The zero-order valence-electron chi connectivity index (χ0n) is 7.38. The number of thiazole rings is 1. The SMILES string of the molecule is CS(=O)c1nccc(-c2nccs2)n1. The van der Waals surface area contributed by atoms with E-state index in [0.717, 1.165) is 10.7 Å². The Balaban J connectivity index is 2.46. The molecule has 6 heteroatoms. The molecule has 2 rings (SSSR count). The molecule has 0 saturated carbocycles. The van der Waals surface area contributed by atoms with Crippen molar-refractivity contribution in [3.8, 4) is 10.7 Å². The van der Waals surface area contributed by atoms with E-state index in [1.54, 1.807) is 24.7 Å². The highest BCUT2D eigenvalue weighted by atomic mass is 32.2. The van der Waals surface area contributed by atoms with E-state index >= 15 is 0 Å². The molecule has 4 nitrogen and oxygen atoms in total. The molecule has 0 aliphatic heterocycles. The van der Waals surface area contributed by atoms with Gasteiger partial charge in [-0.15, -0.1) is 11.3 Å². The van der Waals surface area contributed by atoms with Crippen LogP contribution >= 0.6 is 11.3 Å². The average Bonchev–Trinajstić information content (AvgIpc) is 2.71. The lowest BCUT2D eigenvalue weighted by molar-refractivity contribution is 0.680. The van der Waals surface area contributed by atoms with Gasteiger partial charge in [-0.3, -0.25) is 4.21 Å². The van der Waals surface area contributed by atoms with Crippen LogP contribution in [0.1, 0.15) is 0 Å². The Labute approximate surface area is 87.5 Å². The maximum absolute atomic E-state index is 11.1. The summed E-state index contributed by atoms with van der Waals surface area (Å²) < 4.78 is 11.1. The highest BCUT2D eigenvalue weighted by Crippen LogP contribution is 2.18. The summed E-state index contributed by atoms with van der Waals surface area (Å²) in [7, 11) is -1.15. The molecule has 0 N–H and O–H groups in total. The molecule has 0 radical (unpaired) electrons. The summed E-state index contributed by atoms with van der Waals surface area (Å²) >= 11 is 1.50. The molecule has 72 valence electrons. The third kappa shape index (κ3) is 1.85. The molecule has 0 aromatic carbocycles. The lowest BCUT2D eigenvalue weighted by Gasteiger charge is -1.97. The number of aromatic nitrogens is 3. The van der Waals surface area contributed by atoms with Gasteiger partial charge < -0.3 is 0 Å². The van der Waals surface area contributed by atoms with Crippen molar-refractivity contribution in [2.24, 2.45) is 0 Å². The van der Waals surface area contributed by atoms with Crippen LogP contribution in [0.5, 0.6) is 0 Å². The fourth-order valence-corrected chi connectivity index (χ4v) is 1.99. The fraction of sp³-hybridized carbons (Fsp3) is 0.125. The largest absolute Gasteiger partial charge is 0.251 e. The number of hydrogen-bond donors (Lipinski definition) is 0. The van der Waals surface area contributed by atoms with Gasteiger partial charge in [0.1, 0.15) is 10.7 Å². The summed E-state index contributed by atoms with van der Waals surface area (Å²) in [4.78, 5) is 12.2. The van der Waals surface area contributed by atoms with Crippen molar-refractivity contribution in [2.45, 2.75) is 5.16 Å². The molecule has 0 aliphatic carbocycles. The van der Waals surface area contributed by atoms with Crippen molar-refractivity contribution in [2.75, 3.05) is 6.26 Å². The minimum absolute atomic E-state index is 0.345. The van der Waals surface area contributed by atoms with E-state index < -0.39 is 10.8 Å². The summed E-state index contributed by atoms with van der Waals surface area (Å²) in [6, 6.07) is 1.76. The van der Waals surface area contributed by atoms with Crippen molar-refractivity contribution < 1.29 is 4.21 Å². The van der Waals surface area contributed by atoms with E-state index in [4.69, 9.17) is 0 Å². The highest BCUT2D eigenvalue weighted by molar-refractivity contribution is 7.84. The Kier molecular flexibility index (Phi) is 2.64. The van der Waals surface area contributed by atoms with Gasteiger partial charge in [0.15, 0.2) is 0 Å². The Morgan fingerprint density at radius 1 is 1.36 bits per heavy atom. The van der Waals surface area contributed by atoms with Gasteiger partial charge in [0.05, 0.1) is 10.8 Å². The summed E-state index contributed by atoms with van der Waals surface area (Å²) in [6.45, 7) is 0. The van der Waals surface area contributed by atoms with Gasteiger partial charge >= 0.3 is 0 Å². The van der Waals surface area contributed by atoms with Crippen molar-refractivity contribution in [1.29, 1.82) is 0 Å². The summed E-state index contributed by atoms with van der Waals surface area (Å²) in [5, 5.41) is 3.04. The molecule has 0 aliphatic rings. The van der Waals surface area contributed by atoms with Crippen LogP contribution in [0.3, 0.4) is 0 Å². The number of hydrogen-bond acceptors (Lipinski definition) is 5. The normalized spacial score (nSPS) is 12.6. The van der Waals surface area contributed by atoms with E-state index in [9.17, 15) is 4.21 Å². The second-order valence-electron chi connectivity index (χ2n) is 2.52. The quantitative estimate of drug-likeness (QED) is 0.724. The van der Waals surface area contributed by atoms with E-state index in [1.165, 1.54) is 11.3 Å². The van der Waals surface area contributed by atoms with Crippen molar-refractivity contribution in [1.82, 2.24) is 15.0 Å². The minimum atomic E-state index is -1.15. The smallest absolute Gasteiger partial charge is 0.218 e. The van der Waals surface area contributed by atoms with Crippen LogP contribution < -0.4 is 0 Å². The van der Waals surface area contributed by atoms with E-state index in [1.807, 2.05) is 5.38 Å². The summed E-state index contributed by atoms with van der Waals surface area (Å²) in [5.74, 6) is 0. The van der Waals surface area contributed by atoms with Gasteiger partial charge in [-0.25, -0.2) is 15.0 Å². The van der Waals surface area contributed by atoms with Crippen LogP contribution in [0.4, 0.5) is 0 Å². The second kappa shape index (κ2) is 3.93. The lowest BCUT2D eigenvalue weighted by Crippen LogP contribution is -1.97. The van der Waals surface area contributed by atoms with E-state index in [2.05, 4.69) is 15.0 Å². The van der Waals surface area contributed by atoms with Crippen molar-refractivity contribution >= 4 is 22.1 Å². The maximum atomic E-state index is 11.1. The van der Waals surface area contributed by atoms with Crippen LogP contribution in [0.2, 0.25) is 0 Å². The zero-order valence-corrected chi connectivity index (χ0v) is 9.01. The Bertz CT molecular complexity index is 455. The molecule has 2 heterocycles. The van der Waals surface area contributed by atoms with Gasteiger partial charge in [0.2, 0.25) is 5.16 Å². The number of nitrogens with zero attached hydrogens (tertiary/aromatic N) is 3. The van der Waals surface area contributed by atoms with Crippen LogP contribution in [0.25, 0.3) is 10.7 Å². The molecule has 14 heavy (non-hydrogen) atoms. The minimum Gasteiger partial charge on any atom is -0.251 e. The molecule has 1 atom stereocenters. The summed E-state index contributed by atoms with van der Waals surface area (Å²) in [6.07, 6.45) is 4.87. The lowest BCUT2D eigenvalue weighted by atomic mass is 10.4. The van der Waals surface area contributed by atoms with Crippen LogP contribution in [-0.2, 0) is 10.8 Å². The van der Waals surface area contributed by atoms with Crippen LogP contribution in [-0.4, -0.2) is 25.4 Å². The maximum Gasteiger partial charge on any atom is 0.218 e. The molecule has 2 aromatic rings. The molecular weight excluding hydrogens is 218 g/mol. The van der Waals surface area contributed by atoms with E-state index in [-0.39, 0.29) is 0 Å².